The highest BCUT2D eigenvalue weighted by Gasteiger charge is 2.32. The Balaban J connectivity index is 1.69. The molecule has 3 rings (SSSR count). The van der Waals surface area contributed by atoms with E-state index in [4.69, 9.17) is 9.47 Å². The lowest BCUT2D eigenvalue weighted by molar-refractivity contribution is -0.149. The van der Waals surface area contributed by atoms with Gasteiger partial charge in [0.05, 0.1) is 25.1 Å². The number of hydrogen-bond acceptors (Lipinski definition) is 8. The molecule has 166 valence electrons. The lowest BCUT2D eigenvalue weighted by Gasteiger charge is -2.34. The maximum atomic E-state index is 12.6. The van der Waals surface area contributed by atoms with Crippen molar-refractivity contribution in [1.29, 1.82) is 0 Å². The maximum absolute atomic E-state index is 12.6. The van der Waals surface area contributed by atoms with Gasteiger partial charge in [-0.1, -0.05) is 0 Å². The van der Waals surface area contributed by atoms with Crippen LogP contribution in [0.2, 0.25) is 0 Å². The second-order valence-corrected chi connectivity index (χ2v) is 8.04. The average molecular weight is 448 g/mol. The molecule has 1 aliphatic rings. The van der Waals surface area contributed by atoms with Crippen molar-refractivity contribution in [3.63, 3.8) is 0 Å². The molecule has 2 aromatic rings. The van der Waals surface area contributed by atoms with Crippen LogP contribution < -0.4 is 5.56 Å². The topological polar surface area (TPSA) is 87.8 Å². The van der Waals surface area contributed by atoms with Crippen LogP contribution in [0.25, 0.3) is 10.2 Å². The molecule has 0 unspecified atom stereocenters. The second kappa shape index (κ2) is 9.41. The standard InChI is InChI=1S/C18H23F3N4O4S/c1-11-13-15(26)22-12(9-24-3-5-25(6-4-24)10-18(19,20)21)23-16(13)30-14(11)17(27)29-8-7-28-2/h3-10H2,1-2H3,(H,22,23,26). The summed E-state index contributed by atoms with van der Waals surface area (Å²) in [7, 11) is 1.50. The van der Waals surface area contributed by atoms with Crippen LogP contribution in [0.1, 0.15) is 21.1 Å². The third-order valence-electron chi connectivity index (χ3n) is 4.80. The van der Waals surface area contributed by atoms with Gasteiger partial charge in [-0.15, -0.1) is 11.3 Å². The van der Waals surface area contributed by atoms with Crippen LogP contribution in [-0.2, 0) is 16.0 Å². The maximum Gasteiger partial charge on any atom is 0.401 e. The van der Waals surface area contributed by atoms with Gasteiger partial charge < -0.3 is 14.5 Å². The average Bonchev–Trinajstić information content (AvgIpc) is 2.99. The summed E-state index contributed by atoms with van der Waals surface area (Å²) in [4.78, 5) is 36.0. The van der Waals surface area contributed by atoms with Crippen molar-refractivity contribution in [2.24, 2.45) is 0 Å². The van der Waals surface area contributed by atoms with Gasteiger partial charge in [0.1, 0.15) is 22.1 Å². The number of H-pyrrole nitrogens is 1. The monoisotopic (exact) mass is 448 g/mol. The smallest absolute Gasteiger partial charge is 0.401 e. The zero-order valence-electron chi connectivity index (χ0n) is 16.7. The molecular formula is C18H23F3N4O4S. The van der Waals surface area contributed by atoms with E-state index in [0.717, 1.165) is 11.3 Å². The highest BCUT2D eigenvalue weighted by atomic mass is 32.1. The number of piperazine rings is 1. The van der Waals surface area contributed by atoms with Crippen molar-refractivity contribution in [1.82, 2.24) is 19.8 Å². The number of carbonyl (C=O) groups excluding carboxylic acids is 1. The molecule has 0 saturated carbocycles. The first-order valence-electron chi connectivity index (χ1n) is 9.37. The Morgan fingerprint density at radius 2 is 1.87 bits per heavy atom. The summed E-state index contributed by atoms with van der Waals surface area (Å²) >= 11 is 1.09. The minimum absolute atomic E-state index is 0.109. The zero-order chi connectivity index (χ0) is 21.9. The predicted octanol–water partition coefficient (Wildman–Crippen LogP) is 1.78. The number of aromatic nitrogens is 2. The van der Waals surface area contributed by atoms with E-state index in [1.165, 1.54) is 12.0 Å². The minimum atomic E-state index is -4.21. The fourth-order valence-electron chi connectivity index (χ4n) is 3.31. The first-order valence-corrected chi connectivity index (χ1v) is 10.2. The Hall–Kier alpha value is -2.02. The molecule has 1 N–H and O–H groups in total. The molecule has 1 fully saturated rings. The molecule has 0 spiro atoms. The summed E-state index contributed by atoms with van der Waals surface area (Å²) in [6.45, 7) is 2.92. The highest BCUT2D eigenvalue weighted by Crippen LogP contribution is 2.28. The van der Waals surface area contributed by atoms with Crippen LogP contribution in [0.15, 0.2) is 4.79 Å². The third kappa shape index (κ3) is 5.56. The molecule has 8 nitrogen and oxygen atoms in total. The van der Waals surface area contributed by atoms with E-state index in [-0.39, 0.29) is 18.8 Å². The number of aromatic amines is 1. The third-order valence-corrected chi connectivity index (χ3v) is 5.96. The van der Waals surface area contributed by atoms with Gasteiger partial charge in [0.2, 0.25) is 0 Å². The molecule has 0 amide bonds. The van der Waals surface area contributed by atoms with E-state index in [0.29, 0.717) is 59.2 Å². The SMILES string of the molecule is COCCOC(=O)c1sc2nc(CN3CCN(CC(F)(F)F)CC3)[nH]c(=O)c2c1C. The van der Waals surface area contributed by atoms with Crippen LogP contribution in [0.4, 0.5) is 13.2 Å². The van der Waals surface area contributed by atoms with E-state index < -0.39 is 18.7 Å². The van der Waals surface area contributed by atoms with Gasteiger partial charge in [-0.3, -0.25) is 14.6 Å². The normalized spacial score (nSPS) is 16.3. The van der Waals surface area contributed by atoms with Crippen LogP contribution in [0.5, 0.6) is 0 Å². The number of halogens is 3. The number of nitrogens with zero attached hydrogens (tertiary/aromatic N) is 3. The van der Waals surface area contributed by atoms with E-state index in [2.05, 4.69) is 9.97 Å². The second-order valence-electron chi connectivity index (χ2n) is 7.05. The number of nitrogens with one attached hydrogen (secondary N) is 1. The largest absolute Gasteiger partial charge is 0.459 e. The molecule has 30 heavy (non-hydrogen) atoms. The van der Waals surface area contributed by atoms with Gasteiger partial charge in [0, 0.05) is 33.3 Å². The predicted molar refractivity (Wildman–Crippen MR) is 105 cm³/mol. The zero-order valence-corrected chi connectivity index (χ0v) is 17.5. The number of thiophene rings is 1. The Morgan fingerprint density at radius 1 is 1.20 bits per heavy atom. The van der Waals surface area contributed by atoms with Gasteiger partial charge in [0.15, 0.2) is 0 Å². The highest BCUT2D eigenvalue weighted by molar-refractivity contribution is 7.20. The van der Waals surface area contributed by atoms with E-state index in [1.54, 1.807) is 6.92 Å². The van der Waals surface area contributed by atoms with Gasteiger partial charge >= 0.3 is 12.1 Å². The first-order chi connectivity index (χ1) is 14.2. The van der Waals surface area contributed by atoms with E-state index in [9.17, 15) is 22.8 Å². The van der Waals surface area contributed by atoms with Crippen molar-refractivity contribution in [3.8, 4) is 0 Å². The first kappa shape index (κ1) is 22.7. The lowest BCUT2D eigenvalue weighted by atomic mass is 10.2. The Kier molecular flexibility index (Phi) is 7.11. The number of ether oxygens (including phenoxy) is 2. The van der Waals surface area contributed by atoms with Crippen LogP contribution >= 0.6 is 11.3 Å². The number of hydrogen-bond donors (Lipinski definition) is 1. The van der Waals surface area contributed by atoms with Gasteiger partial charge in [0.25, 0.3) is 5.56 Å². The number of alkyl halides is 3. The number of carbonyl (C=O) groups is 1. The molecule has 12 heteroatoms. The fraction of sp³-hybridized carbons (Fsp3) is 0.611. The Bertz CT molecular complexity index is 951. The molecule has 1 saturated heterocycles. The summed E-state index contributed by atoms with van der Waals surface area (Å²) in [6, 6.07) is 0. The summed E-state index contributed by atoms with van der Waals surface area (Å²) in [5, 5.41) is 0.345. The molecule has 0 atom stereocenters. The van der Waals surface area contributed by atoms with Gasteiger partial charge in [-0.25, -0.2) is 9.78 Å². The number of rotatable bonds is 7. The Morgan fingerprint density at radius 3 is 2.50 bits per heavy atom. The summed E-state index contributed by atoms with van der Waals surface area (Å²) in [5.74, 6) is -0.119. The van der Waals surface area contributed by atoms with E-state index >= 15 is 0 Å². The molecule has 0 aliphatic carbocycles. The van der Waals surface area contributed by atoms with Crippen LogP contribution in [-0.4, -0.2) is 85.0 Å². The molecule has 0 radical (unpaired) electrons. The number of methoxy groups -OCH3 is 1. The van der Waals surface area contributed by atoms with Crippen molar-refractivity contribution in [2.75, 3.05) is 53.0 Å². The lowest BCUT2D eigenvalue weighted by Crippen LogP contribution is -2.48. The summed E-state index contributed by atoms with van der Waals surface area (Å²) in [5.41, 5.74) is 0.161. The number of fused-ring (bicyclic) bond motifs is 1. The van der Waals surface area contributed by atoms with Crippen LogP contribution in [0, 0.1) is 6.92 Å². The van der Waals surface area contributed by atoms with Crippen LogP contribution in [0.3, 0.4) is 0 Å². The van der Waals surface area contributed by atoms with Crippen molar-refractivity contribution in [3.05, 3.63) is 26.6 Å². The van der Waals surface area contributed by atoms with Crippen molar-refractivity contribution < 1.29 is 27.4 Å². The molecule has 0 bridgehead atoms. The van der Waals surface area contributed by atoms with Gasteiger partial charge in [-0.05, 0) is 12.5 Å². The summed E-state index contributed by atoms with van der Waals surface area (Å²) in [6.07, 6.45) is -4.21. The molecule has 3 heterocycles. The Labute approximate surface area is 174 Å². The van der Waals surface area contributed by atoms with Gasteiger partial charge in [-0.2, -0.15) is 13.2 Å². The minimum Gasteiger partial charge on any atom is -0.459 e. The molecule has 2 aromatic heterocycles. The number of aryl methyl sites for hydroxylation is 1. The molecular weight excluding hydrogens is 425 g/mol. The number of esters is 1. The van der Waals surface area contributed by atoms with Crippen molar-refractivity contribution >= 4 is 27.5 Å². The summed E-state index contributed by atoms with van der Waals surface area (Å²) < 4.78 is 47.5. The molecule has 0 aromatic carbocycles. The molecule has 1 aliphatic heterocycles. The fourth-order valence-corrected chi connectivity index (χ4v) is 4.41. The van der Waals surface area contributed by atoms with Crippen molar-refractivity contribution in [2.45, 2.75) is 19.6 Å². The van der Waals surface area contributed by atoms with E-state index in [1.807, 2.05) is 4.90 Å². The quantitative estimate of drug-likeness (QED) is 0.510.